The van der Waals surface area contributed by atoms with Gasteiger partial charge in [-0.05, 0) is 25.5 Å². The highest BCUT2D eigenvalue weighted by atomic mass is 19.1. The molecule has 2 unspecified atom stereocenters. The lowest BCUT2D eigenvalue weighted by atomic mass is 10.1. The number of benzene rings is 1. The van der Waals surface area contributed by atoms with E-state index in [9.17, 15) is 9.18 Å². The second-order valence-corrected chi connectivity index (χ2v) is 5.38. The number of nitrogens with zero attached hydrogens (tertiary/aromatic N) is 1. The molecule has 110 valence electrons. The van der Waals surface area contributed by atoms with Gasteiger partial charge in [-0.1, -0.05) is 19.1 Å². The summed E-state index contributed by atoms with van der Waals surface area (Å²) in [6.45, 7) is 6.47. The summed E-state index contributed by atoms with van der Waals surface area (Å²) in [5, 5.41) is 0. The van der Waals surface area contributed by atoms with Crippen LogP contribution in [-0.4, -0.2) is 42.5 Å². The molecule has 1 aliphatic rings. The molecule has 0 aromatic heterocycles. The molecule has 0 amide bonds. The van der Waals surface area contributed by atoms with Crippen molar-refractivity contribution in [2.45, 2.75) is 38.8 Å². The van der Waals surface area contributed by atoms with Crippen LogP contribution in [0, 0.1) is 5.82 Å². The molecule has 0 radical (unpaired) electrons. The van der Waals surface area contributed by atoms with E-state index in [1.165, 1.54) is 12.1 Å². The topological polar surface area (TPSA) is 29.5 Å². The van der Waals surface area contributed by atoms with E-state index < -0.39 is 0 Å². The van der Waals surface area contributed by atoms with Crippen molar-refractivity contribution < 1.29 is 13.9 Å². The van der Waals surface area contributed by atoms with Gasteiger partial charge in [-0.3, -0.25) is 9.69 Å². The monoisotopic (exact) mass is 279 g/mol. The predicted molar refractivity (Wildman–Crippen MR) is 76.4 cm³/mol. The highest BCUT2D eigenvalue weighted by Crippen LogP contribution is 2.16. The summed E-state index contributed by atoms with van der Waals surface area (Å²) in [5.41, 5.74) is 0.458. The van der Waals surface area contributed by atoms with Crippen LogP contribution in [0.5, 0.6) is 0 Å². The van der Waals surface area contributed by atoms with Crippen LogP contribution in [-0.2, 0) is 4.74 Å². The van der Waals surface area contributed by atoms with Crippen LogP contribution < -0.4 is 0 Å². The lowest BCUT2D eigenvalue weighted by Crippen LogP contribution is -2.49. The van der Waals surface area contributed by atoms with Gasteiger partial charge >= 0.3 is 0 Å². The van der Waals surface area contributed by atoms with E-state index in [0.29, 0.717) is 24.6 Å². The molecule has 20 heavy (non-hydrogen) atoms. The van der Waals surface area contributed by atoms with E-state index in [4.69, 9.17) is 4.74 Å². The first-order valence-electron chi connectivity index (χ1n) is 7.24. The first kappa shape index (κ1) is 15.1. The highest BCUT2D eigenvalue weighted by Gasteiger charge is 2.25. The minimum Gasteiger partial charge on any atom is -0.376 e. The molecule has 1 aromatic carbocycles. The molecule has 1 fully saturated rings. The Bertz CT molecular complexity index is 464. The van der Waals surface area contributed by atoms with Gasteiger partial charge in [-0.15, -0.1) is 0 Å². The zero-order valence-electron chi connectivity index (χ0n) is 12.1. The van der Waals surface area contributed by atoms with Crippen molar-refractivity contribution in [1.82, 2.24) is 4.90 Å². The van der Waals surface area contributed by atoms with Crippen LogP contribution >= 0.6 is 0 Å². The van der Waals surface area contributed by atoms with E-state index in [0.717, 1.165) is 19.6 Å². The zero-order valence-corrected chi connectivity index (χ0v) is 12.1. The van der Waals surface area contributed by atoms with Crippen molar-refractivity contribution in [1.29, 1.82) is 0 Å². The predicted octanol–water partition coefficient (Wildman–Crippen LogP) is 2.90. The first-order valence-corrected chi connectivity index (χ1v) is 7.24. The molecular formula is C16H22FNO2. The van der Waals surface area contributed by atoms with Crippen LogP contribution in [0.4, 0.5) is 4.39 Å². The van der Waals surface area contributed by atoms with Crippen molar-refractivity contribution in [3.05, 3.63) is 35.6 Å². The molecule has 2 atom stereocenters. The molecular weight excluding hydrogens is 257 g/mol. The van der Waals surface area contributed by atoms with Crippen LogP contribution in [0.15, 0.2) is 24.3 Å². The van der Waals surface area contributed by atoms with Gasteiger partial charge in [0.2, 0.25) is 0 Å². The molecule has 2 rings (SSSR count). The van der Waals surface area contributed by atoms with Gasteiger partial charge in [0.1, 0.15) is 5.82 Å². The SMILES string of the molecule is CCC1COC(C)CN1CCC(=O)c1cccc(F)c1. The van der Waals surface area contributed by atoms with Gasteiger partial charge in [-0.2, -0.15) is 0 Å². The number of ketones is 1. The third-order valence-electron chi connectivity index (χ3n) is 3.83. The molecule has 4 heteroatoms. The Morgan fingerprint density at radius 1 is 1.50 bits per heavy atom. The van der Waals surface area contributed by atoms with Crippen molar-refractivity contribution in [2.24, 2.45) is 0 Å². The van der Waals surface area contributed by atoms with E-state index in [-0.39, 0.29) is 17.7 Å². The van der Waals surface area contributed by atoms with Crippen LogP contribution in [0.25, 0.3) is 0 Å². The highest BCUT2D eigenvalue weighted by molar-refractivity contribution is 5.96. The van der Waals surface area contributed by atoms with E-state index in [2.05, 4.69) is 11.8 Å². The third-order valence-corrected chi connectivity index (χ3v) is 3.83. The minimum absolute atomic E-state index is 0.00139. The molecule has 0 N–H and O–H groups in total. The van der Waals surface area contributed by atoms with Gasteiger partial charge in [0.25, 0.3) is 0 Å². The summed E-state index contributed by atoms with van der Waals surface area (Å²) in [7, 11) is 0. The average Bonchev–Trinajstić information content (AvgIpc) is 2.45. The second-order valence-electron chi connectivity index (χ2n) is 5.38. The van der Waals surface area contributed by atoms with Gasteiger partial charge in [-0.25, -0.2) is 4.39 Å². The zero-order chi connectivity index (χ0) is 14.5. The fourth-order valence-electron chi connectivity index (χ4n) is 2.61. The van der Waals surface area contributed by atoms with Crippen molar-refractivity contribution in [3.8, 4) is 0 Å². The van der Waals surface area contributed by atoms with Gasteiger partial charge in [0, 0.05) is 31.1 Å². The van der Waals surface area contributed by atoms with Crippen LogP contribution in [0.3, 0.4) is 0 Å². The Balaban J connectivity index is 1.91. The summed E-state index contributed by atoms with van der Waals surface area (Å²) in [6.07, 6.45) is 1.65. The normalized spacial score (nSPS) is 23.8. The number of carbonyl (C=O) groups is 1. The Kier molecular flexibility index (Phi) is 5.26. The molecule has 3 nitrogen and oxygen atoms in total. The lowest BCUT2D eigenvalue weighted by molar-refractivity contribution is -0.0553. The quantitative estimate of drug-likeness (QED) is 0.776. The molecule has 0 spiro atoms. The van der Waals surface area contributed by atoms with E-state index in [1.54, 1.807) is 12.1 Å². The van der Waals surface area contributed by atoms with Crippen LogP contribution in [0.2, 0.25) is 0 Å². The van der Waals surface area contributed by atoms with E-state index >= 15 is 0 Å². The summed E-state index contributed by atoms with van der Waals surface area (Å²) in [5.74, 6) is -0.360. The maximum absolute atomic E-state index is 13.1. The number of hydrogen-bond acceptors (Lipinski definition) is 3. The molecule has 0 bridgehead atoms. The summed E-state index contributed by atoms with van der Waals surface area (Å²) in [4.78, 5) is 14.4. The lowest BCUT2D eigenvalue weighted by Gasteiger charge is -2.38. The third kappa shape index (κ3) is 3.87. The van der Waals surface area contributed by atoms with Crippen molar-refractivity contribution >= 4 is 5.78 Å². The number of hydrogen-bond donors (Lipinski definition) is 0. The Labute approximate surface area is 119 Å². The summed E-state index contributed by atoms with van der Waals surface area (Å²) < 4.78 is 18.8. The van der Waals surface area contributed by atoms with Gasteiger partial charge < -0.3 is 4.74 Å². The maximum Gasteiger partial charge on any atom is 0.164 e. The Morgan fingerprint density at radius 2 is 2.30 bits per heavy atom. The van der Waals surface area contributed by atoms with Gasteiger partial charge in [0.15, 0.2) is 5.78 Å². The standard InChI is InChI=1S/C16H22FNO2/c1-3-15-11-20-12(2)10-18(15)8-7-16(19)13-5-4-6-14(17)9-13/h4-6,9,12,15H,3,7-8,10-11H2,1-2H3. The maximum atomic E-state index is 13.1. The van der Waals surface area contributed by atoms with Crippen molar-refractivity contribution in [2.75, 3.05) is 19.7 Å². The summed E-state index contributed by atoms with van der Waals surface area (Å²) in [6, 6.07) is 6.29. The molecule has 1 saturated heterocycles. The average molecular weight is 279 g/mol. The minimum atomic E-state index is -0.359. The first-order chi connectivity index (χ1) is 9.60. The smallest absolute Gasteiger partial charge is 0.164 e. The number of halogens is 1. The number of carbonyl (C=O) groups excluding carboxylic acids is 1. The molecule has 0 aliphatic carbocycles. The van der Waals surface area contributed by atoms with Crippen molar-refractivity contribution in [3.63, 3.8) is 0 Å². The molecule has 1 aliphatic heterocycles. The van der Waals surface area contributed by atoms with E-state index in [1.807, 2.05) is 6.92 Å². The fraction of sp³-hybridized carbons (Fsp3) is 0.562. The Morgan fingerprint density at radius 3 is 3.00 bits per heavy atom. The number of morpholine rings is 1. The Hall–Kier alpha value is -1.26. The number of Topliss-reactive ketones (excluding diaryl/α,β-unsaturated/α-hetero) is 1. The van der Waals surface area contributed by atoms with Gasteiger partial charge in [0.05, 0.1) is 12.7 Å². The molecule has 0 saturated carbocycles. The fourth-order valence-corrected chi connectivity index (χ4v) is 2.61. The largest absolute Gasteiger partial charge is 0.376 e. The van der Waals surface area contributed by atoms with Crippen LogP contribution in [0.1, 0.15) is 37.0 Å². The second kappa shape index (κ2) is 6.95. The number of ether oxygens (including phenoxy) is 1. The number of rotatable bonds is 5. The molecule has 1 heterocycles. The molecule has 1 aromatic rings. The summed E-state index contributed by atoms with van der Waals surface area (Å²) >= 11 is 0.